The highest BCUT2D eigenvalue weighted by Crippen LogP contribution is 2.40. The number of fused-ring (bicyclic) bond motifs is 1. The molecule has 2 heterocycles. The van der Waals surface area contributed by atoms with E-state index in [1.54, 1.807) is 6.92 Å². The fraction of sp³-hybridized carbons (Fsp3) is 0.762. The molecule has 0 bridgehead atoms. The Balaban J connectivity index is 2.04. The van der Waals surface area contributed by atoms with Gasteiger partial charge in [0.1, 0.15) is 6.10 Å². The number of methoxy groups -OCH3 is 1. The molecule has 2 aliphatic heterocycles. The molecule has 0 spiro atoms. The minimum absolute atomic E-state index is 0.0591. The molecule has 2 aliphatic rings. The summed E-state index contributed by atoms with van der Waals surface area (Å²) in [5.74, 6) is -0.716. The van der Waals surface area contributed by atoms with Crippen LogP contribution in [0.15, 0.2) is 23.8 Å². The van der Waals surface area contributed by atoms with Crippen molar-refractivity contribution in [1.82, 2.24) is 0 Å². The first-order valence-corrected chi connectivity index (χ1v) is 9.70. The first kappa shape index (κ1) is 22.1. The van der Waals surface area contributed by atoms with Gasteiger partial charge in [-0.1, -0.05) is 24.6 Å². The third-order valence-electron chi connectivity index (χ3n) is 5.25. The molecule has 6 nitrogen and oxygen atoms in total. The second-order valence-electron chi connectivity index (χ2n) is 8.18. The van der Waals surface area contributed by atoms with E-state index < -0.39 is 5.79 Å². The largest absolute Gasteiger partial charge is 0.466 e. The number of carbonyl (C=O) groups is 1. The molecule has 6 heteroatoms. The number of rotatable bonds is 7. The predicted molar refractivity (Wildman–Crippen MR) is 102 cm³/mol. The average molecular weight is 382 g/mol. The van der Waals surface area contributed by atoms with E-state index in [-0.39, 0.29) is 42.2 Å². The molecule has 0 aromatic carbocycles. The zero-order chi connectivity index (χ0) is 20.2. The number of aliphatic hydroxyl groups is 1. The number of hydrogen-bond acceptors (Lipinski definition) is 6. The summed E-state index contributed by atoms with van der Waals surface area (Å²) in [7, 11) is 1.37. The maximum Gasteiger partial charge on any atom is 0.330 e. The smallest absolute Gasteiger partial charge is 0.330 e. The zero-order valence-corrected chi connectivity index (χ0v) is 17.3. The van der Waals surface area contributed by atoms with Crippen LogP contribution in [0.4, 0.5) is 0 Å². The van der Waals surface area contributed by atoms with Gasteiger partial charge in [0.2, 0.25) is 0 Å². The maximum absolute atomic E-state index is 11.4. The van der Waals surface area contributed by atoms with Crippen molar-refractivity contribution in [3.05, 3.63) is 23.8 Å². The molecule has 6 atom stereocenters. The van der Waals surface area contributed by atoms with Gasteiger partial charge in [0.05, 0.1) is 32.0 Å². The van der Waals surface area contributed by atoms with E-state index in [2.05, 4.69) is 10.8 Å². The highest BCUT2D eigenvalue weighted by atomic mass is 16.8. The summed E-state index contributed by atoms with van der Waals surface area (Å²) in [6.07, 6.45) is 6.27. The quantitative estimate of drug-likeness (QED) is 0.414. The normalized spacial score (nSPS) is 32.9. The van der Waals surface area contributed by atoms with E-state index in [1.165, 1.54) is 13.2 Å². The van der Waals surface area contributed by atoms with Gasteiger partial charge in [-0.3, -0.25) is 0 Å². The lowest BCUT2D eigenvalue weighted by molar-refractivity contribution is -0.153. The fourth-order valence-electron chi connectivity index (χ4n) is 3.55. The third kappa shape index (κ3) is 6.14. The van der Waals surface area contributed by atoms with E-state index in [4.69, 9.17) is 14.2 Å². The van der Waals surface area contributed by atoms with Gasteiger partial charge < -0.3 is 24.1 Å². The summed E-state index contributed by atoms with van der Waals surface area (Å²) in [4.78, 5) is 11.4. The number of hydrogen-bond donors (Lipinski definition) is 1. The third-order valence-corrected chi connectivity index (χ3v) is 5.25. The van der Waals surface area contributed by atoms with E-state index in [0.717, 1.165) is 12.0 Å². The molecule has 0 saturated carbocycles. The molecule has 0 radical (unpaired) electrons. The second kappa shape index (κ2) is 9.32. The van der Waals surface area contributed by atoms with Crippen molar-refractivity contribution in [2.45, 2.75) is 77.7 Å². The van der Waals surface area contributed by atoms with Crippen LogP contribution in [-0.2, 0) is 23.7 Å². The molecule has 2 rings (SSSR count). The first-order valence-electron chi connectivity index (χ1n) is 9.70. The van der Waals surface area contributed by atoms with Crippen molar-refractivity contribution in [3.63, 3.8) is 0 Å². The van der Waals surface area contributed by atoms with Crippen molar-refractivity contribution >= 4 is 5.97 Å². The van der Waals surface area contributed by atoms with Crippen molar-refractivity contribution in [1.29, 1.82) is 0 Å². The van der Waals surface area contributed by atoms with Crippen LogP contribution in [0, 0.1) is 11.8 Å². The Bertz CT molecular complexity index is 565. The van der Waals surface area contributed by atoms with E-state index in [9.17, 15) is 9.90 Å². The summed E-state index contributed by atoms with van der Waals surface area (Å²) in [6, 6.07) is 0. The molecule has 0 aromatic heterocycles. The molecule has 154 valence electrons. The molecule has 0 aromatic rings. The van der Waals surface area contributed by atoms with Gasteiger partial charge in [-0.25, -0.2) is 4.79 Å². The van der Waals surface area contributed by atoms with Gasteiger partial charge in [-0.05, 0) is 46.5 Å². The number of esters is 1. The van der Waals surface area contributed by atoms with Crippen LogP contribution in [0.1, 0.15) is 47.5 Å². The SMILES string of the molecule is COC(=O)/C=C(\C)C[C@@H]1OC[C@H](C/C=C/[C@@H](C)[C@H](C)O)[C@H]2OC(C)(C)O[C@H]21. The number of allylic oxidation sites excluding steroid dienone is 1. The summed E-state index contributed by atoms with van der Waals surface area (Å²) < 4.78 is 23.1. The Hall–Kier alpha value is -1.21. The minimum Gasteiger partial charge on any atom is -0.466 e. The standard InChI is InChI=1S/C21H34O6/c1-13(11-18(23)24-6)10-17-20-19(26-21(4,5)27-20)16(12-25-17)9-7-8-14(2)15(3)22/h7-8,11,14-17,19-20,22H,9-10,12H2,1-6H3/b8-7+,13-11+/t14-,15+,16+,17+,19-,20+/m1/s1. The summed E-state index contributed by atoms with van der Waals surface area (Å²) in [6.45, 7) is 10.1. The molecular formula is C21H34O6. The van der Waals surface area contributed by atoms with E-state index in [0.29, 0.717) is 13.0 Å². The Morgan fingerprint density at radius 2 is 1.96 bits per heavy atom. The van der Waals surface area contributed by atoms with Crippen LogP contribution < -0.4 is 0 Å². The van der Waals surface area contributed by atoms with Crippen molar-refractivity contribution in [2.24, 2.45) is 11.8 Å². The van der Waals surface area contributed by atoms with Gasteiger partial charge in [-0.2, -0.15) is 0 Å². The van der Waals surface area contributed by atoms with Crippen LogP contribution in [0.5, 0.6) is 0 Å². The number of aliphatic hydroxyl groups excluding tert-OH is 1. The lowest BCUT2D eigenvalue weighted by atomic mass is 9.87. The Kier molecular flexibility index (Phi) is 7.63. The number of carbonyl (C=O) groups excluding carboxylic acids is 1. The topological polar surface area (TPSA) is 74.2 Å². The van der Waals surface area contributed by atoms with Crippen molar-refractivity contribution in [3.8, 4) is 0 Å². The highest BCUT2D eigenvalue weighted by molar-refractivity contribution is 5.82. The van der Waals surface area contributed by atoms with Crippen molar-refractivity contribution in [2.75, 3.05) is 13.7 Å². The maximum atomic E-state index is 11.4. The zero-order valence-electron chi connectivity index (χ0n) is 17.3. The Morgan fingerprint density at radius 3 is 2.59 bits per heavy atom. The van der Waals surface area contributed by atoms with Gasteiger partial charge in [0.25, 0.3) is 0 Å². The Labute approximate surface area is 162 Å². The molecule has 0 amide bonds. The van der Waals surface area contributed by atoms with Gasteiger partial charge in [-0.15, -0.1) is 0 Å². The van der Waals surface area contributed by atoms with Gasteiger partial charge >= 0.3 is 5.97 Å². The second-order valence-corrected chi connectivity index (χ2v) is 8.18. The molecule has 2 fully saturated rings. The minimum atomic E-state index is -0.657. The van der Waals surface area contributed by atoms with Crippen LogP contribution in [0.25, 0.3) is 0 Å². The van der Waals surface area contributed by atoms with E-state index >= 15 is 0 Å². The van der Waals surface area contributed by atoms with Crippen LogP contribution in [-0.4, -0.2) is 55.0 Å². The summed E-state index contributed by atoms with van der Waals surface area (Å²) in [5, 5.41) is 9.62. The highest BCUT2D eigenvalue weighted by Gasteiger charge is 2.51. The van der Waals surface area contributed by atoms with Gasteiger partial charge in [0.15, 0.2) is 5.79 Å². The Morgan fingerprint density at radius 1 is 1.30 bits per heavy atom. The molecule has 1 N–H and O–H groups in total. The van der Waals surface area contributed by atoms with Crippen LogP contribution in [0.2, 0.25) is 0 Å². The molecule has 0 unspecified atom stereocenters. The molecule has 2 saturated heterocycles. The molecule has 0 aliphatic carbocycles. The molecular weight excluding hydrogens is 348 g/mol. The number of ether oxygens (including phenoxy) is 4. The monoisotopic (exact) mass is 382 g/mol. The summed E-state index contributed by atoms with van der Waals surface area (Å²) >= 11 is 0. The lowest BCUT2D eigenvalue weighted by Crippen LogP contribution is -2.48. The van der Waals surface area contributed by atoms with Crippen LogP contribution >= 0.6 is 0 Å². The van der Waals surface area contributed by atoms with E-state index in [1.807, 2.05) is 33.8 Å². The predicted octanol–water partition coefficient (Wildman–Crippen LogP) is 2.99. The van der Waals surface area contributed by atoms with Gasteiger partial charge in [0, 0.05) is 12.0 Å². The molecule has 27 heavy (non-hydrogen) atoms. The first-order chi connectivity index (χ1) is 12.6. The summed E-state index contributed by atoms with van der Waals surface area (Å²) in [5.41, 5.74) is 0.892. The average Bonchev–Trinajstić information content (AvgIpc) is 2.91. The van der Waals surface area contributed by atoms with Crippen molar-refractivity contribution < 1.29 is 28.8 Å². The van der Waals surface area contributed by atoms with Crippen LogP contribution in [0.3, 0.4) is 0 Å². The lowest BCUT2D eigenvalue weighted by Gasteiger charge is -2.37. The fourth-order valence-corrected chi connectivity index (χ4v) is 3.55.